The number of nitrogens with one attached hydrogen (secondary N) is 5. The summed E-state index contributed by atoms with van der Waals surface area (Å²) < 4.78 is 5.23. The van der Waals surface area contributed by atoms with Crippen molar-refractivity contribution in [3.63, 3.8) is 0 Å². The van der Waals surface area contributed by atoms with E-state index >= 15 is 0 Å². The second-order valence-electron chi connectivity index (χ2n) is 24.0. The van der Waals surface area contributed by atoms with E-state index in [1.807, 2.05) is 13.8 Å². The number of guanidine groups is 1. The third-order valence-corrected chi connectivity index (χ3v) is 15.7. The minimum Gasteiger partial charge on any atom is -0.508 e. The fourth-order valence-electron chi connectivity index (χ4n) is 10.6. The van der Waals surface area contributed by atoms with Gasteiger partial charge in [-0.25, -0.2) is 0 Å². The van der Waals surface area contributed by atoms with Crippen LogP contribution < -0.4 is 55.3 Å². The molecule has 16 N–H and O–H groups in total. The zero-order chi connectivity index (χ0) is 65.7. The van der Waals surface area contributed by atoms with E-state index in [0.29, 0.717) is 57.1 Å². The van der Waals surface area contributed by atoms with E-state index in [2.05, 4.69) is 38.5 Å². The van der Waals surface area contributed by atoms with Gasteiger partial charge in [0.05, 0.1) is 31.3 Å². The van der Waals surface area contributed by atoms with Crippen LogP contribution in [0.1, 0.15) is 219 Å². The van der Waals surface area contributed by atoms with Crippen LogP contribution in [0.15, 0.2) is 29.3 Å². The number of unbranched alkanes of at least 4 members (excludes halogenated alkanes) is 14. The van der Waals surface area contributed by atoms with Gasteiger partial charge in [0.15, 0.2) is 29.1 Å². The summed E-state index contributed by atoms with van der Waals surface area (Å²) in [7, 11) is 1.38. The number of aliphatic imine (C=N–C) groups is 1. The first-order valence-corrected chi connectivity index (χ1v) is 32.7. The van der Waals surface area contributed by atoms with Crippen molar-refractivity contribution in [3.8, 4) is 5.75 Å². The number of rotatable bonds is 55. The highest BCUT2D eigenvalue weighted by Crippen LogP contribution is 2.23. The molecule has 88 heavy (non-hydrogen) atoms. The van der Waals surface area contributed by atoms with Gasteiger partial charge in [-0.2, -0.15) is 0 Å². The third kappa shape index (κ3) is 37.5. The number of ketones is 4. The summed E-state index contributed by atoms with van der Waals surface area (Å²) in [6.45, 7) is 7.90. The molecule has 0 aliphatic rings. The second kappa shape index (κ2) is 48.6. The molecule has 0 aliphatic heterocycles. The van der Waals surface area contributed by atoms with Gasteiger partial charge in [0.25, 0.3) is 0 Å². The summed E-state index contributed by atoms with van der Waals surface area (Å²) in [6, 6.07) is 1.57. The Labute approximate surface area is 524 Å². The molecule has 500 valence electrons. The highest BCUT2D eigenvalue weighted by atomic mass is 16.5. The lowest BCUT2D eigenvalue weighted by Gasteiger charge is -2.27. The monoisotopic (exact) mass is 1240 g/mol. The van der Waals surface area contributed by atoms with Gasteiger partial charge in [-0.15, -0.1) is 0 Å². The molecule has 0 bridgehead atoms. The summed E-state index contributed by atoms with van der Waals surface area (Å²) in [5.41, 5.74) is 28.7. The first-order chi connectivity index (χ1) is 42.1. The number of carbonyl (C=O) groups is 10. The molecular formula is C65H113N11O12. The van der Waals surface area contributed by atoms with E-state index in [9.17, 15) is 53.1 Å². The summed E-state index contributed by atoms with van der Waals surface area (Å²) in [4.78, 5) is 141. The van der Waals surface area contributed by atoms with Gasteiger partial charge < -0.3 is 65.1 Å². The first kappa shape index (κ1) is 79.7. The number of carbonyl (C=O) groups excluding carboxylic acids is 10. The minimum atomic E-state index is -1.37. The summed E-state index contributed by atoms with van der Waals surface area (Å²) >= 11 is 0. The van der Waals surface area contributed by atoms with Crippen LogP contribution >= 0.6 is 0 Å². The fraction of sp³-hybridized carbons (Fsp3) is 0.738. The number of Topliss-reactive ketones (excluding diaryl/α,β-unsaturated/α-hetero) is 4. The van der Waals surface area contributed by atoms with Crippen molar-refractivity contribution < 1.29 is 57.8 Å². The molecule has 0 fully saturated rings. The number of hydrogen-bond acceptors (Lipinski definition) is 15. The predicted molar refractivity (Wildman–Crippen MR) is 343 cm³/mol. The molecule has 7 atom stereocenters. The number of primary amides is 1. The predicted octanol–water partition coefficient (Wildman–Crippen LogP) is 5.45. The molecule has 23 heteroatoms. The normalized spacial score (nSPS) is 13.6. The summed E-state index contributed by atoms with van der Waals surface area (Å²) in [5, 5.41) is 23.8. The second-order valence-corrected chi connectivity index (χ2v) is 24.0. The third-order valence-electron chi connectivity index (χ3n) is 15.7. The van der Waals surface area contributed by atoms with Crippen molar-refractivity contribution in [2.75, 3.05) is 39.9 Å². The van der Waals surface area contributed by atoms with Crippen molar-refractivity contribution in [2.24, 2.45) is 57.3 Å². The van der Waals surface area contributed by atoms with Crippen molar-refractivity contribution in [1.82, 2.24) is 26.6 Å². The van der Waals surface area contributed by atoms with E-state index in [1.54, 1.807) is 19.1 Å². The Hall–Kier alpha value is -6.33. The Kier molecular flexibility index (Phi) is 44.0. The summed E-state index contributed by atoms with van der Waals surface area (Å²) in [5.74, 6) is -8.64. The molecule has 0 radical (unpaired) electrons. The number of phenolic OH excluding ortho intramolecular Hbond substituents is 1. The number of methoxy groups -OCH3 is 1. The fourth-order valence-corrected chi connectivity index (χ4v) is 10.6. The molecule has 0 unspecified atom stereocenters. The number of amides is 6. The van der Waals surface area contributed by atoms with E-state index in [-0.39, 0.29) is 107 Å². The Morgan fingerprint density at radius 3 is 1.56 bits per heavy atom. The molecule has 0 heterocycles. The van der Waals surface area contributed by atoms with Gasteiger partial charge in [-0.3, -0.25) is 52.9 Å². The van der Waals surface area contributed by atoms with Gasteiger partial charge in [0.1, 0.15) is 11.8 Å². The standard InChI is InChI=1S/C65H113N11O12/c1-6-8-9-10-11-12-13-14-15-16-17-18-19-28-60(83)73-55(44-88-5)64(87)72-43-51(78)40-49(39-46-29-31-50(77)32-30-46)63(86)76-54(33-34-59(68)82)57(80)41-47(25-20-22-35-66)61(84)75-53(26-21-23-36-67)58(81)42-48(38-45(3)4)62(85)74-52(56(79)7-2)27-24-37-71-65(69)70/h29-32,45,47-49,52-55,77H,6-28,33-44,66-67H2,1-5H3,(H2,68,82)(H,72,87)(H,73,83)(H,74,85)(H,75,84)(H,76,86)(H4,69,70,71)/t47-,48-,49-,52+,53+,54+,55+/m1/s1. The number of ether oxygens (including phenoxy) is 1. The SMILES string of the molecule is CCCCCCCCCCCCCCCC(=O)N[C@@H](COC)C(=O)NCC(=O)C[C@@H](Cc1ccc(O)cc1)C(=O)N[C@@H](CCC(N)=O)C(=O)C[C@@H](CCCCN)C(=O)N[C@@H](CCCCN)C(=O)C[C@@H](CC(C)C)C(=O)N[C@@H](CCCN=C(N)N)C(=O)CC. The highest BCUT2D eigenvalue weighted by molar-refractivity contribution is 5.98. The first-order valence-electron chi connectivity index (χ1n) is 32.7. The van der Waals surface area contributed by atoms with Crippen LogP contribution in [-0.2, 0) is 59.1 Å². The molecule has 0 aromatic heterocycles. The lowest BCUT2D eigenvalue weighted by molar-refractivity contribution is -0.136. The van der Waals surface area contributed by atoms with Crippen LogP contribution in [0.5, 0.6) is 5.75 Å². The maximum atomic E-state index is 14.5. The minimum absolute atomic E-state index is 0.0300. The van der Waals surface area contributed by atoms with Crippen molar-refractivity contribution in [3.05, 3.63) is 29.8 Å². The maximum absolute atomic E-state index is 14.5. The van der Waals surface area contributed by atoms with E-state index in [0.717, 1.165) is 19.3 Å². The number of nitrogens with zero attached hydrogens (tertiary/aromatic N) is 1. The van der Waals surface area contributed by atoms with Gasteiger partial charge in [0.2, 0.25) is 35.4 Å². The maximum Gasteiger partial charge on any atom is 0.245 e. The Balaban J connectivity index is 3.32. The van der Waals surface area contributed by atoms with Crippen molar-refractivity contribution in [1.29, 1.82) is 0 Å². The molecular weight excluding hydrogens is 1130 g/mol. The zero-order valence-electron chi connectivity index (χ0n) is 53.9. The van der Waals surface area contributed by atoms with Gasteiger partial charge in [0, 0.05) is 69.9 Å². The van der Waals surface area contributed by atoms with Crippen LogP contribution in [-0.4, -0.2) is 134 Å². The Bertz CT molecular complexity index is 2260. The number of nitrogens with two attached hydrogens (primary N) is 5. The molecule has 1 aromatic rings. The average molecular weight is 1240 g/mol. The van der Waals surface area contributed by atoms with Crippen molar-refractivity contribution in [2.45, 2.75) is 244 Å². The lowest BCUT2D eigenvalue weighted by atomic mass is 9.87. The number of benzene rings is 1. The summed E-state index contributed by atoms with van der Waals surface area (Å²) in [6.07, 6.45) is 16.9. The van der Waals surface area contributed by atoms with Gasteiger partial charge in [-0.1, -0.05) is 123 Å². The Morgan fingerprint density at radius 1 is 0.534 bits per heavy atom. The van der Waals surface area contributed by atoms with Crippen LogP contribution in [0.3, 0.4) is 0 Å². The number of hydrogen-bond donors (Lipinski definition) is 11. The molecule has 0 spiro atoms. The molecule has 6 amide bonds. The topological polar surface area (TPSA) is 403 Å². The quantitative estimate of drug-likeness (QED) is 0.0219. The molecule has 1 aromatic carbocycles. The largest absolute Gasteiger partial charge is 0.508 e. The number of phenols is 1. The molecule has 1 rings (SSSR count). The van der Waals surface area contributed by atoms with Crippen molar-refractivity contribution >= 4 is 64.5 Å². The molecule has 0 aliphatic carbocycles. The van der Waals surface area contributed by atoms with E-state index in [1.165, 1.54) is 77.0 Å². The van der Waals surface area contributed by atoms with Crippen LogP contribution in [0.2, 0.25) is 0 Å². The smallest absolute Gasteiger partial charge is 0.245 e. The van der Waals surface area contributed by atoms with Crippen LogP contribution in [0.4, 0.5) is 0 Å². The van der Waals surface area contributed by atoms with E-state index in [4.69, 9.17) is 33.4 Å². The Morgan fingerprint density at radius 2 is 1.03 bits per heavy atom. The molecule has 23 nitrogen and oxygen atoms in total. The van der Waals surface area contributed by atoms with E-state index < -0.39 is 108 Å². The van der Waals surface area contributed by atoms with Crippen LogP contribution in [0.25, 0.3) is 0 Å². The lowest BCUT2D eigenvalue weighted by Crippen LogP contribution is -2.50. The van der Waals surface area contributed by atoms with Gasteiger partial charge >= 0.3 is 0 Å². The number of aromatic hydroxyl groups is 1. The van der Waals surface area contributed by atoms with Crippen LogP contribution in [0, 0.1) is 23.7 Å². The molecule has 0 saturated heterocycles. The molecule has 0 saturated carbocycles. The van der Waals surface area contributed by atoms with Gasteiger partial charge in [-0.05, 0) is 107 Å². The highest BCUT2D eigenvalue weighted by Gasteiger charge is 2.35. The zero-order valence-corrected chi connectivity index (χ0v) is 53.9. The average Bonchev–Trinajstić information content (AvgIpc) is 3.49.